The number of rotatable bonds is 10. The molecule has 4 nitrogen and oxygen atoms in total. The normalized spacial score (nSPS) is 12.2. The molecule has 0 saturated carbocycles. The van der Waals surface area contributed by atoms with E-state index in [1.54, 1.807) is 14.2 Å². The average molecular weight is 387 g/mol. The number of aliphatic imine (C=N–C) groups is 1. The summed E-state index contributed by atoms with van der Waals surface area (Å²) in [5.41, 5.74) is 2.34. The molecule has 0 aliphatic carbocycles. The molecule has 1 unspecified atom stereocenters. The predicted molar refractivity (Wildman–Crippen MR) is 116 cm³/mol. The van der Waals surface area contributed by atoms with Gasteiger partial charge in [0, 0.05) is 31.1 Å². The van der Waals surface area contributed by atoms with Crippen molar-refractivity contribution < 1.29 is 14.2 Å². The zero-order chi connectivity index (χ0) is 19.7. The molecule has 5 heteroatoms. The molecule has 0 N–H and O–H groups in total. The third kappa shape index (κ3) is 5.09. The summed E-state index contributed by atoms with van der Waals surface area (Å²) in [6.07, 6.45) is 3.93. The summed E-state index contributed by atoms with van der Waals surface area (Å²) in [4.78, 5) is 4.22. The van der Waals surface area contributed by atoms with E-state index >= 15 is 0 Å². The van der Waals surface area contributed by atoms with Crippen molar-refractivity contribution in [2.24, 2.45) is 4.99 Å². The van der Waals surface area contributed by atoms with E-state index in [9.17, 15) is 0 Å². The quantitative estimate of drug-likeness (QED) is 0.336. The van der Waals surface area contributed by atoms with Crippen molar-refractivity contribution in [1.29, 1.82) is 0 Å². The lowest BCUT2D eigenvalue weighted by molar-refractivity contribution is 0.0499. The summed E-state index contributed by atoms with van der Waals surface area (Å²) in [6, 6.07) is 14.5. The van der Waals surface area contributed by atoms with Gasteiger partial charge in [-0.3, -0.25) is 4.99 Å². The first-order valence-electron chi connectivity index (χ1n) is 9.23. The van der Waals surface area contributed by atoms with Gasteiger partial charge in [-0.25, -0.2) is 0 Å². The Balaban J connectivity index is 2.55. The van der Waals surface area contributed by atoms with Crippen LogP contribution in [0.4, 0.5) is 0 Å². The lowest BCUT2D eigenvalue weighted by atomic mass is 9.91. The number of hydrogen-bond donors (Lipinski definition) is 0. The lowest BCUT2D eigenvalue weighted by Gasteiger charge is -2.34. The van der Waals surface area contributed by atoms with Crippen LogP contribution in [0, 0.1) is 0 Å². The van der Waals surface area contributed by atoms with Crippen LogP contribution >= 0.6 is 8.58 Å². The van der Waals surface area contributed by atoms with Crippen LogP contribution in [0.25, 0.3) is 0 Å². The molecule has 1 atom stereocenters. The third-order valence-electron chi connectivity index (χ3n) is 4.84. The predicted octanol–water partition coefficient (Wildman–Crippen LogP) is 4.75. The highest BCUT2D eigenvalue weighted by molar-refractivity contribution is 7.48. The van der Waals surface area contributed by atoms with E-state index < -0.39 is 0 Å². The van der Waals surface area contributed by atoms with Gasteiger partial charge < -0.3 is 14.2 Å². The van der Waals surface area contributed by atoms with E-state index in [-0.39, 0.29) is 11.9 Å². The molecule has 2 rings (SSSR count). The summed E-state index contributed by atoms with van der Waals surface area (Å²) >= 11 is 0. The van der Waals surface area contributed by atoms with Crippen molar-refractivity contribution in [2.45, 2.75) is 31.8 Å². The van der Waals surface area contributed by atoms with E-state index in [2.05, 4.69) is 49.2 Å². The monoisotopic (exact) mass is 387 g/mol. The van der Waals surface area contributed by atoms with Crippen molar-refractivity contribution >= 4 is 20.1 Å². The highest BCUT2D eigenvalue weighted by Crippen LogP contribution is 2.51. The molecule has 2 aromatic rings. The average Bonchev–Trinajstić information content (AvgIpc) is 2.72. The molecule has 0 aliphatic heterocycles. The minimum absolute atomic E-state index is 0.0463. The largest absolute Gasteiger partial charge is 0.497 e. The fraction of sp³-hybridized carbons (Fsp3) is 0.409. The molecule has 0 radical (unpaired) electrons. The van der Waals surface area contributed by atoms with Crippen LogP contribution in [0.2, 0.25) is 0 Å². The summed E-state index contributed by atoms with van der Waals surface area (Å²) < 4.78 is 16.6. The van der Waals surface area contributed by atoms with Crippen LogP contribution < -0.4 is 14.8 Å². The van der Waals surface area contributed by atoms with E-state index in [0.29, 0.717) is 8.58 Å². The van der Waals surface area contributed by atoms with Crippen LogP contribution in [-0.2, 0) is 9.89 Å². The SMILES string of the molecule is CCC(CC)(Pc1ccccc1/C=N/C)c1cc(OC)ccc1OCOC. The molecule has 146 valence electrons. The number of ether oxygens (including phenoxy) is 3. The maximum Gasteiger partial charge on any atom is 0.188 e. The van der Waals surface area contributed by atoms with Gasteiger partial charge in [-0.2, -0.15) is 0 Å². The molecule has 0 bridgehead atoms. The Morgan fingerprint density at radius 1 is 1.07 bits per heavy atom. The van der Waals surface area contributed by atoms with Crippen LogP contribution in [0.5, 0.6) is 11.5 Å². The highest BCUT2D eigenvalue weighted by atomic mass is 31.1. The first-order chi connectivity index (χ1) is 13.1. The van der Waals surface area contributed by atoms with E-state index in [4.69, 9.17) is 14.2 Å². The van der Waals surface area contributed by atoms with Gasteiger partial charge in [-0.15, -0.1) is 0 Å². The smallest absolute Gasteiger partial charge is 0.188 e. The van der Waals surface area contributed by atoms with E-state index in [1.165, 1.54) is 16.4 Å². The van der Waals surface area contributed by atoms with Gasteiger partial charge >= 0.3 is 0 Å². The van der Waals surface area contributed by atoms with Crippen LogP contribution in [0.3, 0.4) is 0 Å². The van der Waals surface area contributed by atoms with Gasteiger partial charge in [-0.1, -0.05) is 46.7 Å². The molecule has 0 aliphatic rings. The zero-order valence-corrected chi connectivity index (χ0v) is 17.9. The Morgan fingerprint density at radius 2 is 1.81 bits per heavy atom. The third-order valence-corrected chi connectivity index (χ3v) is 7.02. The Hall–Kier alpha value is -1.90. The summed E-state index contributed by atoms with van der Waals surface area (Å²) in [7, 11) is 5.73. The van der Waals surface area contributed by atoms with Crippen molar-refractivity contribution in [3.8, 4) is 11.5 Å². The second-order valence-corrected chi connectivity index (χ2v) is 8.05. The Labute approximate surface area is 164 Å². The molecular formula is C22H30NO3P. The summed E-state index contributed by atoms with van der Waals surface area (Å²) in [5, 5.41) is 1.27. The molecule has 0 spiro atoms. The summed E-state index contributed by atoms with van der Waals surface area (Å²) in [6.45, 7) is 4.71. The molecule has 0 amide bonds. The van der Waals surface area contributed by atoms with Gasteiger partial charge in [0.05, 0.1) is 7.11 Å². The van der Waals surface area contributed by atoms with Gasteiger partial charge in [0.25, 0.3) is 0 Å². The Kier molecular flexibility index (Phi) is 8.27. The molecule has 0 fully saturated rings. The fourth-order valence-corrected chi connectivity index (χ4v) is 4.92. The molecule has 0 saturated heterocycles. The van der Waals surface area contributed by atoms with Crippen molar-refractivity contribution in [1.82, 2.24) is 0 Å². The molecule has 2 aromatic carbocycles. The zero-order valence-electron chi connectivity index (χ0n) is 16.9. The van der Waals surface area contributed by atoms with Gasteiger partial charge in [0.2, 0.25) is 0 Å². The molecule has 0 aromatic heterocycles. The molecule has 0 heterocycles. The van der Waals surface area contributed by atoms with Crippen molar-refractivity contribution in [3.63, 3.8) is 0 Å². The van der Waals surface area contributed by atoms with E-state index in [1.807, 2.05) is 25.4 Å². The lowest BCUT2D eigenvalue weighted by Crippen LogP contribution is -2.24. The highest BCUT2D eigenvalue weighted by Gasteiger charge is 2.33. The Morgan fingerprint density at radius 3 is 2.44 bits per heavy atom. The maximum atomic E-state index is 5.91. The van der Waals surface area contributed by atoms with Crippen LogP contribution in [-0.4, -0.2) is 34.3 Å². The topological polar surface area (TPSA) is 40.0 Å². The second-order valence-electron chi connectivity index (χ2n) is 6.30. The number of hydrogen-bond acceptors (Lipinski definition) is 4. The standard InChI is InChI=1S/C22H30NO3P/c1-6-22(7-2,27-21-11-9-8-10-17(21)15-23-3)19-14-18(25-5)12-13-20(19)26-16-24-4/h8-15,27H,6-7,16H2,1-5H3/b23-15+. The van der Waals surface area contributed by atoms with Gasteiger partial charge in [-0.05, 0) is 41.9 Å². The van der Waals surface area contributed by atoms with Gasteiger partial charge in [0.1, 0.15) is 11.5 Å². The van der Waals surface area contributed by atoms with Crippen molar-refractivity contribution in [2.75, 3.05) is 28.1 Å². The van der Waals surface area contributed by atoms with Gasteiger partial charge in [0.15, 0.2) is 6.79 Å². The second kappa shape index (κ2) is 10.4. The Bertz CT molecular complexity index is 757. The summed E-state index contributed by atoms with van der Waals surface area (Å²) in [5.74, 6) is 1.70. The first kappa shape index (κ1) is 21.4. The molecule has 27 heavy (non-hydrogen) atoms. The number of nitrogens with zero attached hydrogens (tertiary/aromatic N) is 1. The number of benzene rings is 2. The number of methoxy groups -OCH3 is 2. The van der Waals surface area contributed by atoms with Crippen LogP contribution in [0.1, 0.15) is 37.8 Å². The van der Waals surface area contributed by atoms with Crippen molar-refractivity contribution in [3.05, 3.63) is 53.6 Å². The minimum atomic E-state index is -0.0463. The fourth-order valence-electron chi connectivity index (χ4n) is 3.25. The van der Waals surface area contributed by atoms with E-state index in [0.717, 1.165) is 24.3 Å². The minimum Gasteiger partial charge on any atom is -0.497 e. The first-order valence-corrected chi connectivity index (χ1v) is 10.2. The molecular weight excluding hydrogens is 357 g/mol. The maximum absolute atomic E-state index is 5.91. The van der Waals surface area contributed by atoms with Crippen LogP contribution in [0.15, 0.2) is 47.5 Å².